The van der Waals surface area contributed by atoms with Crippen LogP contribution in [-0.4, -0.2) is 60.3 Å². The van der Waals surface area contributed by atoms with Crippen molar-refractivity contribution in [1.29, 1.82) is 0 Å². The molecule has 1 aromatic heterocycles. The molecule has 0 spiro atoms. The molecule has 2 atom stereocenters. The summed E-state index contributed by atoms with van der Waals surface area (Å²) in [6.45, 7) is 7.62. The summed E-state index contributed by atoms with van der Waals surface area (Å²) < 4.78 is 23.3. The zero-order valence-corrected chi connectivity index (χ0v) is 29.1. The Morgan fingerprint density at radius 2 is 1.33 bits per heavy atom. The van der Waals surface area contributed by atoms with Crippen molar-refractivity contribution >= 4 is 57.4 Å². The summed E-state index contributed by atoms with van der Waals surface area (Å²) in [5.74, 6) is -0.115. The van der Waals surface area contributed by atoms with E-state index >= 15 is 0 Å². The highest BCUT2D eigenvalue weighted by molar-refractivity contribution is 7.98. The molecule has 0 amide bonds. The van der Waals surface area contributed by atoms with Crippen molar-refractivity contribution in [2.75, 3.05) is 31.1 Å². The molecule has 0 unspecified atom stereocenters. The number of fused-ring (bicyclic) bond motifs is 2. The Hall–Kier alpha value is -3.45. The first-order chi connectivity index (χ1) is 21.8. The van der Waals surface area contributed by atoms with E-state index < -0.39 is 29.5 Å². The Kier molecular flexibility index (Phi) is 13.6. The molecule has 46 heavy (non-hydrogen) atoms. The number of phenolic OH excluding ortho intramolecular Hbond substituents is 1. The molecule has 5 N–H and O–H groups in total. The molecule has 1 heterocycles. The average Bonchev–Trinajstić information content (AvgIpc) is 3.00. The number of methoxy groups -OCH3 is 1. The standard InChI is InChI=1S/C34H44N2O8S2/c1-18(2)8-10-20-24(43-33(39)22(35)12-14-45-6)16-26-29(30(20)37)31(38)28-21(11-9-19(3)4)32(41-5)27(17-25(28)42-26)44-34(40)23(36)13-15-46-7/h8-9,16-17,22-23,37H,10-15,35-36H2,1-7H3/t22-,23-/m1/s1. The van der Waals surface area contributed by atoms with Crippen molar-refractivity contribution in [2.45, 2.75) is 65.5 Å². The molecular weight excluding hydrogens is 629 g/mol. The maximum absolute atomic E-state index is 14.3. The highest BCUT2D eigenvalue weighted by Gasteiger charge is 2.27. The summed E-state index contributed by atoms with van der Waals surface area (Å²) in [7, 11) is 1.42. The number of carbonyl (C=O) groups excluding carboxylic acids is 2. The van der Waals surface area contributed by atoms with Crippen molar-refractivity contribution in [2.24, 2.45) is 11.5 Å². The largest absolute Gasteiger partial charge is 0.507 e. The number of rotatable bonds is 15. The van der Waals surface area contributed by atoms with Crippen LogP contribution in [0.25, 0.3) is 21.9 Å². The number of carbonyl (C=O) groups is 2. The second-order valence-electron chi connectivity index (χ2n) is 11.4. The van der Waals surface area contributed by atoms with E-state index in [2.05, 4.69) is 0 Å². The lowest BCUT2D eigenvalue weighted by atomic mass is 9.98. The van der Waals surface area contributed by atoms with Gasteiger partial charge in [0.05, 0.1) is 12.5 Å². The Bertz CT molecular complexity index is 1710. The van der Waals surface area contributed by atoms with Crippen molar-refractivity contribution in [3.8, 4) is 23.0 Å². The summed E-state index contributed by atoms with van der Waals surface area (Å²) in [6.07, 6.45) is 8.83. The predicted octanol–water partition coefficient (Wildman–Crippen LogP) is 5.65. The molecule has 10 nitrogen and oxygen atoms in total. The number of phenols is 1. The van der Waals surface area contributed by atoms with Gasteiger partial charge in [-0.2, -0.15) is 23.5 Å². The average molecular weight is 673 g/mol. The fraction of sp³-hybridized carbons (Fsp3) is 0.441. The van der Waals surface area contributed by atoms with E-state index in [0.717, 1.165) is 11.1 Å². The van der Waals surface area contributed by atoms with Crippen molar-refractivity contribution in [3.05, 3.63) is 56.8 Å². The van der Waals surface area contributed by atoms with Gasteiger partial charge in [0.25, 0.3) is 0 Å². The molecular formula is C34H44N2O8S2. The highest BCUT2D eigenvalue weighted by Crippen LogP contribution is 2.42. The number of allylic oxidation sites excluding steroid dienone is 4. The van der Waals surface area contributed by atoms with E-state index in [0.29, 0.717) is 29.9 Å². The van der Waals surface area contributed by atoms with Gasteiger partial charge in [0.2, 0.25) is 5.43 Å². The topological polar surface area (TPSA) is 164 Å². The highest BCUT2D eigenvalue weighted by atomic mass is 32.2. The second kappa shape index (κ2) is 16.9. The maximum Gasteiger partial charge on any atom is 0.328 e. The van der Waals surface area contributed by atoms with Crippen LogP contribution in [0.15, 0.2) is 44.6 Å². The van der Waals surface area contributed by atoms with E-state index in [1.54, 1.807) is 23.5 Å². The normalized spacial score (nSPS) is 12.5. The summed E-state index contributed by atoms with van der Waals surface area (Å²) >= 11 is 3.12. The van der Waals surface area contributed by atoms with Gasteiger partial charge in [0.15, 0.2) is 11.5 Å². The number of hydrogen-bond acceptors (Lipinski definition) is 12. The fourth-order valence-electron chi connectivity index (χ4n) is 4.69. The Balaban J connectivity index is 2.35. The molecule has 3 rings (SSSR count). The van der Waals surface area contributed by atoms with Crippen molar-refractivity contribution < 1.29 is 33.3 Å². The van der Waals surface area contributed by atoms with Crippen molar-refractivity contribution in [3.63, 3.8) is 0 Å². The summed E-state index contributed by atoms with van der Waals surface area (Å²) in [4.78, 5) is 40.1. The van der Waals surface area contributed by atoms with Gasteiger partial charge in [-0.05, 0) is 77.4 Å². The van der Waals surface area contributed by atoms with Crippen LogP contribution in [0, 0.1) is 0 Å². The molecule has 0 bridgehead atoms. The number of hydrogen-bond donors (Lipinski definition) is 3. The van der Waals surface area contributed by atoms with Gasteiger partial charge in [-0.1, -0.05) is 23.3 Å². The Labute approximate surface area is 277 Å². The maximum atomic E-state index is 14.3. The number of benzene rings is 2. The van der Waals surface area contributed by atoms with E-state index in [-0.39, 0.29) is 63.3 Å². The van der Waals surface area contributed by atoms with E-state index in [1.807, 2.05) is 52.4 Å². The molecule has 0 saturated heterocycles. The van der Waals surface area contributed by atoms with Crippen LogP contribution in [0.1, 0.15) is 51.7 Å². The number of ether oxygens (including phenoxy) is 3. The summed E-state index contributed by atoms with van der Waals surface area (Å²) in [6, 6.07) is 1.06. The van der Waals surface area contributed by atoms with Crippen LogP contribution in [0.3, 0.4) is 0 Å². The molecule has 0 radical (unpaired) electrons. The van der Waals surface area contributed by atoms with Gasteiger partial charge < -0.3 is 35.2 Å². The first kappa shape index (κ1) is 37.0. The van der Waals surface area contributed by atoms with Crippen LogP contribution in [-0.2, 0) is 22.4 Å². The first-order valence-electron chi connectivity index (χ1n) is 14.9. The lowest BCUT2D eigenvalue weighted by Crippen LogP contribution is -2.35. The fourth-order valence-corrected chi connectivity index (χ4v) is 5.67. The molecule has 3 aromatic rings. The van der Waals surface area contributed by atoms with Crippen LogP contribution in [0.4, 0.5) is 0 Å². The van der Waals surface area contributed by atoms with Crippen LogP contribution in [0.5, 0.6) is 23.0 Å². The third-order valence-corrected chi connectivity index (χ3v) is 8.52. The molecule has 0 saturated carbocycles. The van der Waals surface area contributed by atoms with E-state index in [9.17, 15) is 19.5 Å². The monoisotopic (exact) mass is 672 g/mol. The SMILES string of the molecule is COc1c(OC(=O)[C@H](N)CCSC)cc2oc3cc(OC(=O)[C@H](N)CCSC)c(CC=C(C)C)c(O)c3c(=O)c2c1CC=C(C)C. The Morgan fingerprint density at radius 3 is 1.83 bits per heavy atom. The quantitative estimate of drug-likeness (QED) is 0.0788. The molecule has 0 aliphatic carbocycles. The van der Waals surface area contributed by atoms with E-state index in [1.165, 1.54) is 19.2 Å². The second-order valence-corrected chi connectivity index (χ2v) is 13.3. The minimum Gasteiger partial charge on any atom is -0.507 e. The predicted molar refractivity (Wildman–Crippen MR) is 188 cm³/mol. The van der Waals surface area contributed by atoms with Gasteiger partial charge >= 0.3 is 11.9 Å². The van der Waals surface area contributed by atoms with Crippen molar-refractivity contribution in [1.82, 2.24) is 0 Å². The molecule has 12 heteroatoms. The molecule has 0 aliphatic heterocycles. The summed E-state index contributed by atoms with van der Waals surface area (Å²) in [5, 5.41) is 11.6. The van der Waals surface area contributed by atoms with Gasteiger partial charge in [0.1, 0.15) is 40.1 Å². The number of nitrogens with two attached hydrogens (primary N) is 2. The summed E-state index contributed by atoms with van der Waals surface area (Å²) in [5.41, 5.74) is 14.3. The zero-order chi connectivity index (χ0) is 34.1. The van der Waals surface area contributed by atoms with Crippen LogP contribution in [0.2, 0.25) is 0 Å². The van der Waals surface area contributed by atoms with E-state index in [4.69, 9.17) is 30.1 Å². The van der Waals surface area contributed by atoms with Gasteiger partial charge in [-0.25, -0.2) is 9.59 Å². The lowest BCUT2D eigenvalue weighted by molar-refractivity contribution is -0.136. The molecule has 250 valence electrons. The molecule has 0 aliphatic rings. The number of thioether (sulfide) groups is 2. The van der Waals surface area contributed by atoms with Gasteiger partial charge in [-0.3, -0.25) is 4.79 Å². The van der Waals surface area contributed by atoms with Gasteiger partial charge in [-0.15, -0.1) is 0 Å². The molecule has 0 fully saturated rings. The smallest absolute Gasteiger partial charge is 0.328 e. The Morgan fingerprint density at radius 1 is 0.848 bits per heavy atom. The van der Waals surface area contributed by atoms with Crippen LogP contribution >= 0.6 is 23.5 Å². The number of aromatic hydroxyl groups is 1. The third kappa shape index (κ3) is 8.87. The minimum atomic E-state index is -0.880. The first-order valence-corrected chi connectivity index (χ1v) is 17.7. The third-order valence-electron chi connectivity index (χ3n) is 7.24. The molecule has 2 aromatic carbocycles. The van der Waals surface area contributed by atoms with Crippen LogP contribution < -0.4 is 31.1 Å². The number of esters is 2. The lowest BCUT2D eigenvalue weighted by Gasteiger charge is -2.18. The zero-order valence-electron chi connectivity index (χ0n) is 27.5. The minimum absolute atomic E-state index is 0.0243. The van der Waals surface area contributed by atoms with Gasteiger partial charge in [0, 0.05) is 23.3 Å².